The number of para-hydroxylation sites is 1. The third kappa shape index (κ3) is 3.27. The molecule has 0 spiro atoms. The van der Waals surface area contributed by atoms with Crippen LogP contribution >= 0.6 is 23.8 Å². The van der Waals surface area contributed by atoms with E-state index in [0.717, 1.165) is 0 Å². The van der Waals surface area contributed by atoms with Crippen LogP contribution in [0.5, 0.6) is 0 Å². The predicted octanol–water partition coefficient (Wildman–Crippen LogP) is 2.78. The Morgan fingerprint density at radius 2 is 1.80 bits per heavy atom. The molecular formula is C13H11ClN2O2S2. The molecular weight excluding hydrogens is 316 g/mol. The molecule has 2 rings (SSSR count). The molecule has 0 heterocycles. The normalized spacial score (nSPS) is 11.1. The Morgan fingerprint density at radius 3 is 2.35 bits per heavy atom. The van der Waals surface area contributed by atoms with Gasteiger partial charge < -0.3 is 5.73 Å². The zero-order chi connectivity index (χ0) is 14.8. The number of rotatable bonds is 4. The fourth-order valence-corrected chi connectivity index (χ4v) is 3.32. The first-order chi connectivity index (χ1) is 9.40. The van der Waals surface area contributed by atoms with Crippen molar-refractivity contribution in [3.05, 3.63) is 59.1 Å². The van der Waals surface area contributed by atoms with Gasteiger partial charge in [0.05, 0.1) is 5.02 Å². The summed E-state index contributed by atoms with van der Waals surface area (Å²) in [5.74, 6) is 0. The lowest BCUT2D eigenvalue weighted by Crippen LogP contribution is -2.15. The van der Waals surface area contributed by atoms with E-state index in [9.17, 15) is 8.42 Å². The molecule has 0 aliphatic rings. The summed E-state index contributed by atoms with van der Waals surface area (Å²) < 4.78 is 26.9. The Labute approximate surface area is 127 Å². The second-order valence-corrected chi connectivity index (χ2v) is 6.48. The third-order valence-corrected chi connectivity index (χ3v) is 4.63. The first-order valence-electron chi connectivity index (χ1n) is 5.57. The minimum Gasteiger partial charge on any atom is -0.389 e. The van der Waals surface area contributed by atoms with Crippen molar-refractivity contribution in [3.63, 3.8) is 0 Å². The van der Waals surface area contributed by atoms with Crippen molar-refractivity contribution >= 4 is 44.5 Å². The zero-order valence-corrected chi connectivity index (χ0v) is 12.6. The van der Waals surface area contributed by atoms with Gasteiger partial charge in [0.2, 0.25) is 0 Å². The predicted molar refractivity (Wildman–Crippen MR) is 84.6 cm³/mol. The minimum absolute atomic E-state index is 0.0250. The summed E-state index contributed by atoms with van der Waals surface area (Å²) in [7, 11) is -3.75. The molecule has 3 N–H and O–H groups in total. The van der Waals surface area contributed by atoms with E-state index in [1.165, 1.54) is 18.2 Å². The highest BCUT2D eigenvalue weighted by molar-refractivity contribution is 7.92. The van der Waals surface area contributed by atoms with Gasteiger partial charge in [-0.3, -0.25) is 4.72 Å². The van der Waals surface area contributed by atoms with Crippen LogP contribution in [0.25, 0.3) is 0 Å². The molecule has 0 fully saturated rings. The number of hydrogen-bond donors (Lipinski definition) is 2. The van der Waals surface area contributed by atoms with E-state index < -0.39 is 10.0 Å². The fourth-order valence-electron chi connectivity index (χ4n) is 1.59. The van der Waals surface area contributed by atoms with Crippen LogP contribution in [0.1, 0.15) is 5.56 Å². The van der Waals surface area contributed by atoms with Gasteiger partial charge in [-0.15, -0.1) is 0 Å². The molecule has 2 aromatic carbocycles. The van der Waals surface area contributed by atoms with Crippen molar-refractivity contribution in [2.45, 2.75) is 4.90 Å². The first-order valence-corrected chi connectivity index (χ1v) is 7.84. The van der Waals surface area contributed by atoms with E-state index in [2.05, 4.69) is 4.72 Å². The molecule has 104 valence electrons. The molecule has 0 amide bonds. The minimum atomic E-state index is -3.75. The molecule has 7 heteroatoms. The molecule has 0 aliphatic carbocycles. The largest absolute Gasteiger partial charge is 0.389 e. The monoisotopic (exact) mass is 326 g/mol. The van der Waals surface area contributed by atoms with Gasteiger partial charge in [-0.05, 0) is 24.3 Å². The molecule has 20 heavy (non-hydrogen) atoms. The highest BCUT2D eigenvalue weighted by Gasteiger charge is 2.18. The summed E-state index contributed by atoms with van der Waals surface area (Å²) in [6.07, 6.45) is 0. The van der Waals surface area contributed by atoms with Crippen LogP contribution in [0.15, 0.2) is 53.4 Å². The maximum absolute atomic E-state index is 12.2. The summed E-state index contributed by atoms with van der Waals surface area (Å²) in [5, 5.41) is 0.0683. The Morgan fingerprint density at radius 1 is 1.15 bits per heavy atom. The molecule has 0 atom stereocenters. The number of nitrogens with one attached hydrogen (secondary N) is 1. The first kappa shape index (κ1) is 14.8. The number of sulfonamides is 1. The highest BCUT2D eigenvalue weighted by Crippen LogP contribution is 2.24. The van der Waals surface area contributed by atoms with E-state index >= 15 is 0 Å². The maximum atomic E-state index is 12.2. The van der Waals surface area contributed by atoms with E-state index in [4.69, 9.17) is 29.6 Å². The second kappa shape index (κ2) is 5.78. The molecule has 0 bridgehead atoms. The van der Waals surface area contributed by atoms with Crippen molar-refractivity contribution in [2.24, 2.45) is 5.73 Å². The molecule has 0 saturated carbocycles. The van der Waals surface area contributed by atoms with E-state index in [1.807, 2.05) is 0 Å². The Balaban J connectivity index is 2.37. The van der Waals surface area contributed by atoms with E-state index in [-0.39, 0.29) is 14.9 Å². The standard InChI is InChI=1S/C13H11ClN2O2S2/c14-11-8-9(13(15)19)6-7-12(11)20(17,18)16-10-4-2-1-3-5-10/h1-8,16H,(H2,15,19). The van der Waals surface area contributed by atoms with Gasteiger partial charge in [-0.2, -0.15) is 0 Å². The molecule has 0 unspecified atom stereocenters. The SMILES string of the molecule is NC(=S)c1ccc(S(=O)(=O)Nc2ccccc2)c(Cl)c1. The molecule has 0 aliphatic heterocycles. The molecule has 2 aromatic rings. The van der Waals surface area contributed by atoms with Gasteiger partial charge in [0.1, 0.15) is 9.88 Å². The van der Waals surface area contributed by atoms with Crippen LogP contribution in [-0.4, -0.2) is 13.4 Å². The average molecular weight is 327 g/mol. The van der Waals surface area contributed by atoms with Gasteiger partial charge in [-0.25, -0.2) is 8.42 Å². The summed E-state index contributed by atoms with van der Waals surface area (Å²) >= 11 is 10.8. The number of hydrogen-bond acceptors (Lipinski definition) is 3. The van der Waals surface area contributed by atoms with Crippen LogP contribution in [0.3, 0.4) is 0 Å². The van der Waals surface area contributed by atoms with Crippen LogP contribution in [-0.2, 0) is 10.0 Å². The Bertz CT molecular complexity index is 746. The van der Waals surface area contributed by atoms with E-state index in [0.29, 0.717) is 11.3 Å². The van der Waals surface area contributed by atoms with Crippen molar-refractivity contribution in [2.75, 3.05) is 4.72 Å². The maximum Gasteiger partial charge on any atom is 0.263 e. The quantitative estimate of drug-likeness (QED) is 0.847. The lowest BCUT2D eigenvalue weighted by atomic mass is 10.2. The smallest absolute Gasteiger partial charge is 0.263 e. The topological polar surface area (TPSA) is 72.2 Å². The van der Waals surface area contributed by atoms with Crippen LogP contribution in [0.4, 0.5) is 5.69 Å². The second-order valence-electron chi connectivity index (χ2n) is 3.98. The summed E-state index contributed by atoms with van der Waals surface area (Å²) in [4.78, 5) is 0.134. The van der Waals surface area contributed by atoms with Gasteiger partial charge in [0.25, 0.3) is 10.0 Å². The van der Waals surface area contributed by atoms with Gasteiger partial charge in [0, 0.05) is 11.3 Å². The van der Waals surface area contributed by atoms with Gasteiger partial charge in [-0.1, -0.05) is 48.1 Å². The molecule has 4 nitrogen and oxygen atoms in total. The lowest BCUT2D eigenvalue weighted by Gasteiger charge is -2.10. The number of halogens is 1. The molecule has 0 aromatic heterocycles. The van der Waals surface area contributed by atoms with Crippen molar-refractivity contribution in [1.82, 2.24) is 0 Å². The lowest BCUT2D eigenvalue weighted by molar-refractivity contribution is 0.601. The third-order valence-electron chi connectivity index (χ3n) is 2.53. The van der Waals surface area contributed by atoms with Crippen molar-refractivity contribution < 1.29 is 8.42 Å². The van der Waals surface area contributed by atoms with Gasteiger partial charge >= 0.3 is 0 Å². The van der Waals surface area contributed by atoms with Crippen LogP contribution in [0, 0.1) is 0 Å². The number of anilines is 1. The number of nitrogens with two attached hydrogens (primary N) is 1. The highest BCUT2D eigenvalue weighted by atomic mass is 35.5. The van der Waals surface area contributed by atoms with E-state index in [1.54, 1.807) is 30.3 Å². The fraction of sp³-hybridized carbons (Fsp3) is 0. The summed E-state index contributed by atoms with van der Waals surface area (Å²) in [5.41, 5.74) is 6.45. The summed E-state index contributed by atoms with van der Waals surface area (Å²) in [6.45, 7) is 0. The average Bonchev–Trinajstić information content (AvgIpc) is 2.38. The van der Waals surface area contributed by atoms with Crippen molar-refractivity contribution in [1.29, 1.82) is 0 Å². The molecule has 0 radical (unpaired) electrons. The van der Waals surface area contributed by atoms with Crippen molar-refractivity contribution in [3.8, 4) is 0 Å². The van der Waals surface area contributed by atoms with Crippen LogP contribution < -0.4 is 10.5 Å². The number of thiocarbonyl (C=S) groups is 1. The molecule has 0 saturated heterocycles. The Kier molecular flexibility index (Phi) is 4.27. The van der Waals surface area contributed by atoms with Gasteiger partial charge in [0.15, 0.2) is 0 Å². The summed E-state index contributed by atoms with van der Waals surface area (Å²) in [6, 6.07) is 12.9. The Hall–Kier alpha value is -1.63. The van der Waals surface area contributed by atoms with Crippen LogP contribution in [0.2, 0.25) is 5.02 Å². The zero-order valence-electron chi connectivity index (χ0n) is 10.2. The number of benzene rings is 2.